The summed E-state index contributed by atoms with van der Waals surface area (Å²) in [5.74, 6) is -0.980. The van der Waals surface area contributed by atoms with E-state index in [0.29, 0.717) is 12.5 Å². The highest BCUT2D eigenvalue weighted by Crippen LogP contribution is 2.39. The van der Waals surface area contributed by atoms with E-state index in [2.05, 4.69) is 15.7 Å². The molecule has 1 aliphatic rings. The minimum Gasteiger partial charge on any atom is -0.451 e. The van der Waals surface area contributed by atoms with Crippen molar-refractivity contribution in [3.8, 4) is 5.69 Å². The maximum absolute atomic E-state index is 12.5. The average Bonchev–Trinajstić information content (AvgIpc) is 3.45. The van der Waals surface area contributed by atoms with Crippen molar-refractivity contribution in [2.24, 2.45) is 0 Å². The van der Waals surface area contributed by atoms with Crippen molar-refractivity contribution in [1.82, 2.24) is 20.4 Å². The smallest absolute Gasteiger partial charge is 0.357 e. The molecule has 3 rings (SSSR count). The van der Waals surface area contributed by atoms with E-state index in [1.165, 1.54) is 4.68 Å². The van der Waals surface area contributed by atoms with Crippen LogP contribution >= 0.6 is 0 Å². The lowest BCUT2D eigenvalue weighted by Gasteiger charge is -2.08. The highest BCUT2D eigenvalue weighted by atomic mass is 16.5. The Morgan fingerprint density at radius 1 is 1.21 bits per heavy atom. The average molecular weight is 384 g/mol. The van der Waals surface area contributed by atoms with Crippen LogP contribution in [0.2, 0.25) is 0 Å². The van der Waals surface area contributed by atoms with Gasteiger partial charge in [-0.15, -0.1) is 0 Å². The van der Waals surface area contributed by atoms with Gasteiger partial charge >= 0.3 is 12.0 Å². The van der Waals surface area contributed by atoms with Gasteiger partial charge in [-0.1, -0.05) is 31.5 Å². The van der Waals surface area contributed by atoms with E-state index in [0.717, 1.165) is 37.1 Å². The monoisotopic (exact) mass is 384 g/mol. The Labute approximate surface area is 163 Å². The number of ether oxygens (including phenoxy) is 1. The summed E-state index contributed by atoms with van der Waals surface area (Å²) in [5, 5.41) is 9.23. The van der Waals surface area contributed by atoms with Crippen molar-refractivity contribution in [3.63, 3.8) is 0 Å². The minimum absolute atomic E-state index is 0.258. The molecule has 0 aliphatic heterocycles. The van der Waals surface area contributed by atoms with Gasteiger partial charge in [-0.3, -0.25) is 10.1 Å². The fraction of sp³-hybridized carbons (Fsp3) is 0.400. The Kier molecular flexibility index (Phi) is 6.41. The molecule has 1 fully saturated rings. The summed E-state index contributed by atoms with van der Waals surface area (Å²) in [6.07, 6.45) is 3.86. The van der Waals surface area contributed by atoms with Crippen LogP contribution in [0.4, 0.5) is 4.79 Å². The molecule has 0 spiro atoms. The highest BCUT2D eigenvalue weighted by Gasteiger charge is 2.29. The van der Waals surface area contributed by atoms with Crippen molar-refractivity contribution in [2.75, 3.05) is 13.2 Å². The molecule has 1 aromatic heterocycles. The largest absolute Gasteiger partial charge is 0.451 e. The van der Waals surface area contributed by atoms with Crippen molar-refractivity contribution in [3.05, 3.63) is 47.8 Å². The first-order valence-electron chi connectivity index (χ1n) is 9.48. The van der Waals surface area contributed by atoms with Gasteiger partial charge < -0.3 is 10.1 Å². The van der Waals surface area contributed by atoms with Crippen LogP contribution in [0.5, 0.6) is 0 Å². The first kappa shape index (κ1) is 19.6. The molecule has 148 valence electrons. The Morgan fingerprint density at radius 3 is 2.64 bits per heavy atom. The topological polar surface area (TPSA) is 102 Å². The molecule has 0 atom stereocenters. The lowest BCUT2D eigenvalue weighted by molar-refractivity contribution is -0.123. The summed E-state index contributed by atoms with van der Waals surface area (Å²) >= 11 is 0. The van der Waals surface area contributed by atoms with Crippen LogP contribution in [0.1, 0.15) is 54.7 Å². The maximum atomic E-state index is 12.5. The highest BCUT2D eigenvalue weighted by molar-refractivity contribution is 5.96. The van der Waals surface area contributed by atoms with Crippen LogP contribution in [0.15, 0.2) is 36.4 Å². The predicted molar refractivity (Wildman–Crippen MR) is 102 cm³/mol. The first-order chi connectivity index (χ1) is 13.6. The number of benzene rings is 1. The number of unbranched alkanes of at least 4 members (excludes halogenated alkanes) is 1. The van der Waals surface area contributed by atoms with Crippen LogP contribution in [0.3, 0.4) is 0 Å². The van der Waals surface area contributed by atoms with Crippen molar-refractivity contribution in [2.45, 2.75) is 38.5 Å². The molecule has 1 saturated carbocycles. The van der Waals surface area contributed by atoms with Crippen LogP contribution in [0, 0.1) is 0 Å². The third kappa shape index (κ3) is 5.18. The molecule has 3 amide bonds. The fourth-order valence-corrected chi connectivity index (χ4v) is 2.68. The summed E-state index contributed by atoms with van der Waals surface area (Å²) in [7, 11) is 0. The number of carbonyl (C=O) groups excluding carboxylic acids is 3. The molecule has 2 aromatic rings. The first-order valence-corrected chi connectivity index (χ1v) is 9.48. The number of imide groups is 1. The van der Waals surface area contributed by atoms with Crippen LogP contribution in [-0.4, -0.2) is 40.8 Å². The van der Waals surface area contributed by atoms with Crippen LogP contribution in [-0.2, 0) is 9.53 Å². The van der Waals surface area contributed by atoms with Crippen LogP contribution < -0.4 is 10.6 Å². The number of para-hydroxylation sites is 1. The van der Waals surface area contributed by atoms with E-state index in [1.54, 1.807) is 6.07 Å². The third-order valence-corrected chi connectivity index (χ3v) is 4.34. The number of nitrogens with zero attached hydrogens (tertiary/aromatic N) is 2. The second-order valence-corrected chi connectivity index (χ2v) is 6.71. The van der Waals surface area contributed by atoms with E-state index in [9.17, 15) is 14.4 Å². The lowest BCUT2D eigenvalue weighted by atomic mass is 10.2. The quantitative estimate of drug-likeness (QED) is 0.538. The lowest BCUT2D eigenvalue weighted by Crippen LogP contribution is -2.41. The molecule has 1 aromatic carbocycles. The molecular weight excluding hydrogens is 360 g/mol. The second kappa shape index (κ2) is 9.16. The van der Waals surface area contributed by atoms with Crippen LogP contribution in [0.25, 0.3) is 5.69 Å². The SMILES string of the molecule is CCCCNC(=O)NC(=O)COC(=O)c1cc(C2CC2)nn1-c1ccccc1. The number of hydrogen-bond donors (Lipinski definition) is 2. The number of rotatable bonds is 8. The molecule has 0 unspecified atom stereocenters. The molecular formula is C20H24N4O4. The Balaban J connectivity index is 1.61. The molecule has 1 heterocycles. The van der Waals surface area contributed by atoms with Gasteiger partial charge in [0.2, 0.25) is 0 Å². The van der Waals surface area contributed by atoms with Gasteiger partial charge in [-0.05, 0) is 37.5 Å². The number of carbonyl (C=O) groups is 3. The molecule has 0 radical (unpaired) electrons. The van der Waals surface area contributed by atoms with Gasteiger partial charge in [0.1, 0.15) is 0 Å². The van der Waals surface area contributed by atoms with Gasteiger partial charge in [0.05, 0.1) is 11.4 Å². The molecule has 2 N–H and O–H groups in total. The number of esters is 1. The van der Waals surface area contributed by atoms with Gasteiger partial charge in [0.25, 0.3) is 5.91 Å². The molecule has 8 nitrogen and oxygen atoms in total. The number of urea groups is 1. The van der Waals surface area contributed by atoms with Crippen molar-refractivity contribution < 1.29 is 19.1 Å². The Morgan fingerprint density at radius 2 is 1.96 bits per heavy atom. The molecule has 28 heavy (non-hydrogen) atoms. The summed E-state index contributed by atoms with van der Waals surface area (Å²) < 4.78 is 6.63. The van der Waals surface area contributed by atoms with Gasteiger partial charge in [0.15, 0.2) is 12.3 Å². The zero-order chi connectivity index (χ0) is 19.9. The summed E-state index contributed by atoms with van der Waals surface area (Å²) in [6.45, 7) is 1.94. The summed E-state index contributed by atoms with van der Waals surface area (Å²) in [5.41, 5.74) is 1.84. The molecule has 0 bridgehead atoms. The van der Waals surface area contributed by atoms with Gasteiger partial charge in [-0.25, -0.2) is 14.3 Å². The number of amides is 3. The number of aromatic nitrogens is 2. The fourth-order valence-electron chi connectivity index (χ4n) is 2.68. The Hall–Kier alpha value is -3.16. The maximum Gasteiger partial charge on any atom is 0.357 e. The van der Waals surface area contributed by atoms with Gasteiger partial charge in [0, 0.05) is 12.5 Å². The second-order valence-electron chi connectivity index (χ2n) is 6.71. The molecule has 1 aliphatic carbocycles. The van der Waals surface area contributed by atoms with E-state index >= 15 is 0 Å². The zero-order valence-corrected chi connectivity index (χ0v) is 15.8. The van der Waals surface area contributed by atoms with Gasteiger partial charge in [-0.2, -0.15) is 5.10 Å². The minimum atomic E-state index is -0.685. The molecule has 8 heteroatoms. The number of nitrogens with one attached hydrogen (secondary N) is 2. The van der Waals surface area contributed by atoms with E-state index in [1.807, 2.05) is 37.3 Å². The number of hydrogen-bond acceptors (Lipinski definition) is 5. The van der Waals surface area contributed by atoms with E-state index in [-0.39, 0.29) is 5.69 Å². The van der Waals surface area contributed by atoms with E-state index in [4.69, 9.17) is 4.74 Å². The standard InChI is InChI=1S/C20H24N4O4/c1-2-3-11-21-20(27)22-18(25)13-28-19(26)17-12-16(14-9-10-14)23-24(17)15-7-5-4-6-8-15/h4-8,12,14H,2-3,9-11,13H2,1H3,(H2,21,22,25,27). The normalized spacial score (nSPS) is 13.0. The van der Waals surface area contributed by atoms with E-state index < -0.39 is 24.5 Å². The third-order valence-electron chi connectivity index (χ3n) is 4.34. The summed E-state index contributed by atoms with van der Waals surface area (Å²) in [4.78, 5) is 35.9. The summed E-state index contributed by atoms with van der Waals surface area (Å²) in [6, 6.07) is 10.4. The zero-order valence-electron chi connectivity index (χ0n) is 15.8. The molecule has 0 saturated heterocycles. The Bertz CT molecular complexity index is 843. The van der Waals surface area contributed by atoms with Crippen molar-refractivity contribution >= 4 is 17.9 Å². The predicted octanol–water partition coefficient (Wildman–Crippen LogP) is 2.53. The van der Waals surface area contributed by atoms with Crippen molar-refractivity contribution in [1.29, 1.82) is 0 Å².